The van der Waals surface area contributed by atoms with Gasteiger partial charge in [0.15, 0.2) is 0 Å². The van der Waals surface area contributed by atoms with Crippen LogP contribution in [0.1, 0.15) is 19.3 Å². The number of ether oxygens (including phenoxy) is 1. The fourth-order valence-electron chi connectivity index (χ4n) is 3.59. The number of likely N-dealkylation sites (tertiary alicyclic amines) is 1. The molecule has 6 heteroatoms. The number of halogens is 1. The molecule has 0 unspecified atom stereocenters. The van der Waals surface area contributed by atoms with Gasteiger partial charge in [0.25, 0.3) is 0 Å². The molecule has 0 aliphatic carbocycles. The SMILES string of the molecule is COc1ccc2nc3cc(Cl)ccc3c(NCCCN3CCCC3)c2n1. The lowest BCUT2D eigenvalue weighted by Gasteiger charge is -2.16. The lowest BCUT2D eigenvalue weighted by atomic mass is 10.1. The average Bonchev–Trinajstić information content (AvgIpc) is 3.17. The Morgan fingerprint density at radius 3 is 2.77 bits per heavy atom. The van der Waals surface area contributed by atoms with E-state index in [1.807, 2.05) is 30.3 Å². The number of anilines is 1. The van der Waals surface area contributed by atoms with Crippen LogP contribution in [0.25, 0.3) is 21.9 Å². The largest absolute Gasteiger partial charge is 0.481 e. The van der Waals surface area contributed by atoms with Crippen molar-refractivity contribution in [3.63, 3.8) is 0 Å². The Kier molecular flexibility index (Phi) is 5.09. The van der Waals surface area contributed by atoms with Crippen molar-refractivity contribution in [2.45, 2.75) is 19.3 Å². The Bertz CT molecular complexity index is 924. The highest BCUT2D eigenvalue weighted by Crippen LogP contribution is 2.32. The predicted molar refractivity (Wildman–Crippen MR) is 107 cm³/mol. The Labute approximate surface area is 158 Å². The number of hydrogen-bond acceptors (Lipinski definition) is 5. The highest BCUT2D eigenvalue weighted by molar-refractivity contribution is 6.31. The minimum Gasteiger partial charge on any atom is -0.481 e. The first-order valence-corrected chi connectivity index (χ1v) is 9.52. The summed E-state index contributed by atoms with van der Waals surface area (Å²) in [5, 5.41) is 5.31. The molecular formula is C20H23ClN4O. The molecule has 136 valence electrons. The van der Waals surface area contributed by atoms with Crippen LogP contribution in [0.4, 0.5) is 5.69 Å². The predicted octanol–water partition coefficient (Wildman–Crippen LogP) is 4.34. The number of nitrogens with one attached hydrogen (secondary N) is 1. The number of rotatable bonds is 6. The third-order valence-electron chi connectivity index (χ3n) is 4.92. The molecule has 0 radical (unpaired) electrons. The third-order valence-corrected chi connectivity index (χ3v) is 5.15. The van der Waals surface area contributed by atoms with E-state index >= 15 is 0 Å². The van der Waals surface area contributed by atoms with Gasteiger partial charge in [0.1, 0.15) is 5.52 Å². The van der Waals surface area contributed by atoms with E-state index in [2.05, 4.69) is 15.2 Å². The summed E-state index contributed by atoms with van der Waals surface area (Å²) < 4.78 is 5.31. The van der Waals surface area contributed by atoms with Gasteiger partial charge < -0.3 is 15.0 Å². The summed E-state index contributed by atoms with van der Waals surface area (Å²) in [4.78, 5) is 11.9. The second-order valence-corrected chi connectivity index (χ2v) is 7.14. The van der Waals surface area contributed by atoms with Crippen LogP contribution in [-0.2, 0) is 0 Å². The Morgan fingerprint density at radius 2 is 1.96 bits per heavy atom. The van der Waals surface area contributed by atoms with E-state index in [0.29, 0.717) is 10.9 Å². The molecule has 1 aromatic carbocycles. The minimum absolute atomic E-state index is 0.590. The van der Waals surface area contributed by atoms with Gasteiger partial charge in [-0.05, 0) is 63.2 Å². The fraction of sp³-hybridized carbons (Fsp3) is 0.400. The number of fused-ring (bicyclic) bond motifs is 2. The summed E-state index contributed by atoms with van der Waals surface area (Å²) in [6.07, 6.45) is 3.76. The van der Waals surface area contributed by atoms with Crippen molar-refractivity contribution in [3.8, 4) is 5.88 Å². The zero-order chi connectivity index (χ0) is 17.9. The lowest BCUT2D eigenvalue weighted by molar-refractivity contribution is 0.337. The molecule has 1 aliphatic rings. The van der Waals surface area contributed by atoms with Crippen LogP contribution in [0, 0.1) is 0 Å². The van der Waals surface area contributed by atoms with Gasteiger partial charge >= 0.3 is 0 Å². The van der Waals surface area contributed by atoms with E-state index in [9.17, 15) is 0 Å². The molecule has 0 saturated carbocycles. The van der Waals surface area contributed by atoms with E-state index in [1.54, 1.807) is 7.11 Å². The second-order valence-electron chi connectivity index (χ2n) is 6.70. The zero-order valence-electron chi connectivity index (χ0n) is 15.0. The first kappa shape index (κ1) is 17.3. The Morgan fingerprint density at radius 1 is 1.12 bits per heavy atom. The highest BCUT2D eigenvalue weighted by Gasteiger charge is 2.13. The van der Waals surface area contributed by atoms with Gasteiger partial charge in [0.2, 0.25) is 5.88 Å². The normalized spacial score (nSPS) is 15.0. The summed E-state index contributed by atoms with van der Waals surface area (Å²) in [6, 6.07) is 9.58. The molecule has 2 aromatic heterocycles. The van der Waals surface area contributed by atoms with Gasteiger partial charge in [-0.2, -0.15) is 0 Å². The Balaban J connectivity index is 1.65. The summed E-state index contributed by atoms with van der Waals surface area (Å²) in [6.45, 7) is 4.50. The molecule has 1 aliphatic heterocycles. The van der Waals surface area contributed by atoms with Crippen molar-refractivity contribution in [2.24, 2.45) is 0 Å². The molecule has 4 rings (SSSR count). The average molecular weight is 371 g/mol. The number of aromatic nitrogens is 2. The van der Waals surface area contributed by atoms with Crippen molar-refractivity contribution >= 4 is 39.2 Å². The number of nitrogens with zero attached hydrogens (tertiary/aromatic N) is 3. The number of pyridine rings is 2. The molecule has 1 saturated heterocycles. The zero-order valence-corrected chi connectivity index (χ0v) is 15.7. The van der Waals surface area contributed by atoms with Gasteiger partial charge in [0, 0.05) is 23.0 Å². The van der Waals surface area contributed by atoms with E-state index in [4.69, 9.17) is 21.3 Å². The molecule has 0 bridgehead atoms. The van der Waals surface area contributed by atoms with Crippen molar-refractivity contribution < 1.29 is 4.74 Å². The first-order valence-electron chi connectivity index (χ1n) is 9.15. The summed E-state index contributed by atoms with van der Waals surface area (Å²) >= 11 is 6.17. The van der Waals surface area contributed by atoms with Crippen molar-refractivity contribution in [2.75, 3.05) is 38.6 Å². The van der Waals surface area contributed by atoms with Crippen molar-refractivity contribution in [3.05, 3.63) is 35.4 Å². The van der Waals surface area contributed by atoms with E-state index in [1.165, 1.54) is 25.9 Å². The summed E-state index contributed by atoms with van der Waals surface area (Å²) in [5.41, 5.74) is 3.55. The minimum atomic E-state index is 0.590. The van der Waals surface area contributed by atoms with Crippen molar-refractivity contribution in [1.82, 2.24) is 14.9 Å². The lowest BCUT2D eigenvalue weighted by Crippen LogP contribution is -2.22. The fourth-order valence-corrected chi connectivity index (χ4v) is 3.76. The highest BCUT2D eigenvalue weighted by atomic mass is 35.5. The molecule has 0 atom stereocenters. The van der Waals surface area contributed by atoms with E-state index in [-0.39, 0.29) is 0 Å². The standard InChI is InChI=1S/C20H23ClN4O/c1-26-18-8-7-16-20(24-18)19(15-6-5-14(21)13-17(15)23-16)22-9-4-12-25-10-2-3-11-25/h5-8,13H,2-4,9-12H2,1H3,(H,22,23). The molecule has 1 fully saturated rings. The monoisotopic (exact) mass is 370 g/mol. The van der Waals surface area contributed by atoms with Crippen molar-refractivity contribution in [1.29, 1.82) is 0 Å². The van der Waals surface area contributed by atoms with Crippen LogP contribution in [-0.4, -0.2) is 48.2 Å². The van der Waals surface area contributed by atoms with Gasteiger partial charge in [-0.25, -0.2) is 9.97 Å². The van der Waals surface area contributed by atoms with Gasteiger partial charge in [-0.1, -0.05) is 11.6 Å². The van der Waals surface area contributed by atoms with Crippen LogP contribution in [0.15, 0.2) is 30.3 Å². The number of benzene rings is 1. The number of methoxy groups -OCH3 is 1. The molecule has 0 spiro atoms. The molecule has 1 N–H and O–H groups in total. The summed E-state index contributed by atoms with van der Waals surface area (Å²) in [7, 11) is 1.63. The quantitative estimate of drug-likeness (QED) is 0.516. The second kappa shape index (κ2) is 7.64. The van der Waals surface area contributed by atoms with Crippen LogP contribution in [0.5, 0.6) is 5.88 Å². The maximum Gasteiger partial charge on any atom is 0.213 e. The maximum atomic E-state index is 6.17. The molecule has 0 amide bonds. The van der Waals surface area contributed by atoms with Crippen LogP contribution in [0.3, 0.4) is 0 Å². The molecular weight excluding hydrogens is 348 g/mol. The van der Waals surface area contributed by atoms with Gasteiger partial charge in [-0.15, -0.1) is 0 Å². The third kappa shape index (κ3) is 3.55. The molecule has 3 aromatic rings. The first-order chi connectivity index (χ1) is 12.7. The van der Waals surface area contributed by atoms with Gasteiger partial charge in [-0.3, -0.25) is 0 Å². The van der Waals surface area contributed by atoms with E-state index < -0.39 is 0 Å². The summed E-state index contributed by atoms with van der Waals surface area (Å²) in [5.74, 6) is 0.590. The smallest absolute Gasteiger partial charge is 0.213 e. The van der Waals surface area contributed by atoms with Gasteiger partial charge in [0.05, 0.1) is 23.8 Å². The number of hydrogen-bond donors (Lipinski definition) is 1. The van der Waals surface area contributed by atoms with E-state index in [0.717, 1.165) is 47.1 Å². The maximum absolute atomic E-state index is 6.17. The molecule has 26 heavy (non-hydrogen) atoms. The topological polar surface area (TPSA) is 50.3 Å². The van der Waals surface area contributed by atoms with Crippen LogP contribution < -0.4 is 10.1 Å². The van der Waals surface area contributed by atoms with Crippen LogP contribution in [0.2, 0.25) is 5.02 Å². The molecule has 3 heterocycles. The molecule has 5 nitrogen and oxygen atoms in total. The Hall–Kier alpha value is -2.11. The van der Waals surface area contributed by atoms with Crippen LogP contribution >= 0.6 is 11.6 Å².